The van der Waals surface area contributed by atoms with Gasteiger partial charge in [0.15, 0.2) is 0 Å². The van der Waals surface area contributed by atoms with Crippen molar-refractivity contribution in [3.8, 4) is 0 Å². The lowest BCUT2D eigenvalue weighted by Crippen LogP contribution is -2.36. The van der Waals surface area contributed by atoms with Crippen LogP contribution in [0.5, 0.6) is 0 Å². The third kappa shape index (κ3) is 6.50. The largest absolute Gasteiger partial charge is 0.379 e. The highest BCUT2D eigenvalue weighted by atomic mass is 32.2. The van der Waals surface area contributed by atoms with Crippen molar-refractivity contribution in [1.29, 1.82) is 0 Å². The van der Waals surface area contributed by atoms with Crippen LogP contribution in [0.15, 0.2) is 59.6 Å². The molecule has 0 spiro atoms. The number of carbonyl (C=O) groups is 1. The summed E-state index contributed by atoms with van der Waals surface area (Å²) in [6.45, 7) is 4.67. The van der Waals surface area contributed by atoms with Crippen molar-refractivity contribution in [3.63, 3.8) is 0 Å². The molecule has 4 rings (SSSR count). The molecule has 0 bridgehead atoms. The second kappa shape index (κ2) is 11.2. The summed E-state index contributed by atoms with van der Waals surface area (Å²) in [6.07, 6.45) is 1.90. The van der Waals surface area contributed by atoms with E-state index in [0.717, 1.165) is 60.9 Å². The van der Waals surface area contributed by atoms with Gasteiger partial charge in [0.2, 0.25) is 5.91 Å². The predicted octanol–water partition coefficient (Wildman–Crippen LogP) is 3.30. The Hall–Kier alpha value is -2.48. The first-order chi connectivity index (χ1) is 15.3. The van der Waals surface area contributed by atoms with Crippen LogP contribution < -0.4 is 5.32 Å². The lowest BCUT2D eigenvalue weighted by molar-refractivity contribution is -0.118. The van der Waals surface area contributed by atoms with Crippen molar-refractivity contribution in [1.82, 2.24) is 20.2 Å². The van der Waals surface area contributed by atoms with Gasteiger partial charge in [0.25, 0.3) is 0 Å². The van der Waals surface area contributed by atoms with E-state index in [1.165, 1.54) is 17.3 Å². The molecule has 0 saturated carbocycles. The molecule has 1 amide bonds. The molecule has 6 nitrogen and oxygen atoms in total. The summed E-state index contributed by atoms with van der Waals surface area (Å²) in [5.41, 5.74) is 2.22. The quantitative estimate of drug-likeness (QED) is 0.315. The normalized spacial score (nSPS) is 14.6. The lowest BCUT2D eigenvalue weighted by Gasteiger charge is -2.25. The number of fused-ring (bicyclic) bond motifs is 1. The van der Waals surface area contributed by atoms with E-state index in [2.05, 4.69) is 22.3 Å². The van der Waals surface area contributed by atoms with Crippen LogP contribution in [-0.4, -0.2) is 59.4 Å². The van der Waals surface area contributed by atoms with Gasteiger partial charge in [-0.25, -0.2) is 9.97 Å². The van der Waals surface area contributed by atoms with E-state index in [1.54, 1.807) is 0 Å². The van der Waals surface area contributed by atoms with Gasteiger partial charge < -0.3 is 10.1 Å². The van der Waals surface area contributed by atoms with E-state index in [1.807, 2.05) is 42.5 Å². The first-order valence-electron chi connectivity index (χ1n) is 10.8. The minimum absolute atomic E-state index is 0.0375. The highest BCUT2D eigenvalue weighted by molar-refractivity contribution is 8.00. The fourth-order valence-electron chi connectivity index (χ4n) is 3.58. The van der Waals surface area contributed by atoms with Crippen LogP contribution in [0.3, 0.4) is 0 Å². The number of benzene rings is 2. The number of nitrogens with one attached hydrogen (secondary N) is 1. The SMILES string of the molecule is O=C(CSc1nc(CN2CCOCC2)nc2ccccc12)NCCCc1ccccc1. The van der Waals surface area contributed by atoms with E-state index >= 15 is 0 Å². The standard InChI is InChI=1S/C24H28N4O2S/c29-23(25-12-6-9-19-7-2-1-3-8-19)18-31-24-20-10-4-5-11-21(20)26-22(27-24)17-28-13-15-30-16-14-28/h1-5,7-8,10-11H,6,9,12-18H2,(H,25,29). The first-order valence-corrected chi connectivity index (χ1v) is 11.8. The second-order valence-corrected chi connectivity index (χ2v) is 8.54. The van der Waals surface area contributed by atoms with Crippen LogP contribution in [0.25, 0.3) is 10.9 Å². The summed E-state index contributed by atoms with van der Waals surface area (Å²) in [6, 6.07) is 18.3. The zero-order valence-electron chi connectivity index (χ0n) is 17.6. The fourth-order valence-corrected chi connectivity index (χ4v) is 4.45. The van der Waals surface area contributed by atoms with Gasteiger partial charge in [-0.1, -0.05) is 60.3 Å². The Balaban J connectivity index is 1.32. The molecule has 2 aromatic carbocycles. The number of ether oxygens (including phenoxy) is 1. The minimum Gasteiger partial charge on any atom is -0.379 e. The molecule has 1 N–H and O–H groups in total. The number of thioether (sulfide) groups is 1. The monoisotopic (exact) mass is 436 g/mol. The maximum Gasteiger partial charge on any atom is 0.230 e. The fraction of sp³-hybridized carbons (Fsp3) is 0.375. The van der Waals surface area contributed by atoms with Crippen molar-refractivity contribution in [3.05, 3.63) is 66.0 Å². The molecule has 1 aromatic heterocycles. The number of para-hydroxylation sites is 1. The van der Waals surface area contributed by atoms with E-state index in [-0.39, 0.29) is 5.91 Å². The first kappa shape index (κ1) is 21.7. The number of aryl methyl sites for hydroxylation is 1. The number of nitrogens with zero attached hydrogens (tertiary/aromatic N) is 3. The molecule has 0 aliphatic carbocycles. The van der Waals surface area contributed by atoms with E-state index < -0.39 is 0 Å². The summed E-state index contributed by atoms with van der Waals surface area (Å²) in [5, 5.41) is 4.89. The van der Waals surface area contributed by atoms with Crippen LogP contribution in [0.4, 0.5) is 0 Å². The van der Waals surface area contributed by atoms with E-state index in [4.69, 9.17) is 14.7 Å². The van der Waals surface area contributed by atoms with Crippen molar-refractivity contribution < 1.29 is 9.53 Å². The summed E-state index contributed by atoms with van der Waals surface area (Å²) < 4.78 is 5.43. The van der Waals surface area contributed by atoms with Crippen molar-refractivity contribution in [2.24, 2.45) is 0 Å². The molecule has 0 unspecified atom stereocenters. The van der Waals surface area contributed by atoms with Crippen LogP contribution in [0.1, 0.15) is 17.8 Å². The molecule has 0 radical (unpaired) electrons. The molecule has 1 fully saturated rings. The summed E-state index contributed by atoms with van der Waals surface area (Å²) in [4.78, 5) is 24.2. The Labute approximate surface area is 187 Å². The number of morpholine rings is 1. The molecule has 1 aliphatic rings. The van der Waals surface area contributed by atoms with E-state index in [0.29, 0.717) is 18.8 Å². The Bertz CT molecular complexity index is 993. The molecule has 0 atom stereocenters. The highest BCUT2D eigenvalue weighted by Crippen LogP contribution is 2.25. The molecular weight excluding hydrogens is 408 g/mol. The van der Waals surface area contributed by atoms with Crippen LogP contribution in [0.2, 0.25) is 0 Å². The summed E-state index contributed by atoms with van der Waals surface area (Å²) >= 11 is 1.48. The molecule has 31 heavy (non-hydrogen) atoms. The number of rotatable bonds is 9. The highest BCUT2D eigenvalue weighted by Gasteiger charge is 2.15. The van der Waals surface area contributed by atoms with Crippen molar-refractivity contribution in [2.75, 3.05) is 38.6 Å². The van der Waals surface area contributed by atoms with Crippen molar-refractivity contribution >= 4 is 28.6 Å². The summed E-state index contributed by atoms with van der Waals surface area (Å²) in [7, 11) is 0. The molecule has 7 heteroatoms. The Morgan fingerprint density at radius 2 is 1.81 bits per heavy atom. The number of amides is 1. The van der Waals surface area contributed by atoms with Crippen LogP contribution in [0, 0.1) is 0 Å². The van der Waals surface area contributed by atoms with Gasteiger partial charge >= 0.3 is 0 Å². The maximum absolute atomic E-state index is 12.4. The maximum atomic E-state index is 12.4. The molecular formula is C24H28N4O2S. The molecule has 1 saturated heterocycles. The minimum atomic E-state index is 0.0375. The van der Waals surface area contributed by atoms with Gasteiger partial charge in [-0.05, 0) is 24.5 Å². The van der Waals surface area contributed by atoms with E-state index in [9.17, 15) is 4.79 Å². The number of hydrogen-bond acceptors (Lipinski definition) is 6. The van der Waals surface area contributed by atoms with Gasteiger partial charge in [-0.2, -0.15) is 0 Å². The predicted molar refractivity (Wildman–Crippen MR) is 124 cm³/mol. The topological polar surface area (TPSA) is 67.4 Å². The van der Waals surface area contributed by atoms with Gasteiger partial charge in [0.05, 0.1) is 31.0 Å². The van der Waals surface area contributed by atoms with Gasteiger partial charge in [-0.15, -0.1) is 0 Å². The zero-order valence-corrected chi connectivity index (χ0v) is 18.4. The van der Waals surface area contributed by atoms with Crippen LogP contribution >= 0.6 is 11.8 Å². The lowest BCUT2D eigenvalue weighted by atomic mass is 10.1. The zero-order chi connectivity index (χ0) is 21.3. The molecule has 162 valence electrons. The molecule has 3 aromatic rings. The smallest absolute Gasteiger partial charge is 0.230 e. The summed E-state index contributed by atoms with van der Waals surface area (Å²) in [5.74, 6) is 1.19. The third-order valence-corrected chi connectivity index (χ3v) is 6.22. The molecule has 1 aliphatic heterocycles. The van der Waals surface area contributed by atoms with Gasteiger partial charge in [-0.3, -0.25) is 9.69 Å². The Morgan fingerprint density at radius 1 is 1.03 bits per heavy atom. The number of hydrogen-bond donors (Lipinski definition) is 1. The molecule has 2 heterocycles. The van der Waals surface area contributed by atoms with Gasteiger partial charge in [0, 0.05) is 25.0 Å². The average Bonchev–Trinajstić information content (AvgIpc) is 2.81. The number of carbonyl (C=O) groups excluding carboxylic acids is 1. The van der Waals surface area contributed by atoms with Gasteiger partial charge in [0.1, 0.15) is 10.9 Å². The third-order valence-electron chi connectivity index (χ3n) is 5.23. The second-order valence-electron chi connectivity index (χ2n) is 7.58. The number of aromatic nitrogens is 2. The van der Waals surface area contributed by atoms with Crippen molar-refractivity contribution in [2.45, 2.75) is 24.4 Å². The average molecular weight is 437 g/mol. The Kier molecular flexibility index (Phi) is 7.87. The Morgan fingerprint density at radius 3 is 2.65 bits per heavy atom. The van der Waals surface area contributed by atoms with Crippen LogP contribution in [-0.2, 0) is 22.5 Å².